The van der Waals surface area contributed by atoms with Crippen molar-refractivity contribution in [3.8, 4) is 0 Å². The van der Waals surface area contributed by atoms with Crippen molar-refractivity contribution in [3.63, 3.8) is 0 Å². The fourth-order valence-electron chi connectivity index (χ4n) is 1.66. The molecule has 6 nitrogen and oxygen atoms in total. The highest BCUT2D eigenvalue weighted by molar-refractivity contribution is 6.39. The summed E-state index contributed by atoms with van der Waals surface area (Å²) in [6, 6.07) is 0. The highest BCUT2D eigenvalue weighted by atomic mass is 19.1. The molecule has 7 heteroatoms. The minimum Gasteiger partial charge on any atom is -0.506 e. The molecule has 0 aliphatic rings. The Morgan fingerprint density at radius 1 is 1.52 bits per heavy atom. The van der Waals surface area contributed by atoms with Gasteiger partial charge in [-0.1, -0.05) is 30.9 Å². The van der Waals surface area contributed by atoms with Gasteiger partial charge in [-0.2, -0.15) is 0 Å². The van der Waals surface area contributed by atoms with Gasteiger partial charge in [-0.3, -0.25) is 4.79 Å². The van der Waals surface area contributed by atoms with Crippen molar-refractivity contribution in [2.45, 2.75) is 6.42 Å². The Morgan fingerprint density at radius 2 is 2.26 bits per heavy atom. The summed E-state index contributed by atoms with van der Waals surface area (Å²) in [4.78, 5) is 29.2. The first kappa shape index (κ1) is 18.1. The molecule has 1 rings (SSSR count). The molecule has 1 aromatic heterocycles. The summed E-state index contributed by atoms with van der Waals surface area (Å²) >= 11 is 0. The second kappa shape index (κ2) is 9.14. The third-order valence-electron chi connectivity index (χ3n) is 2.68. The molecule has 122 valence electrons. The molecule has 0 amide bonds. The number of aliphatic hydroxyl groups is 1. The molecule has 0 atom stereocenters. The van der Waals surface area contributed by atoms with E-state index >= 15 is 0 Å². The third kappa shape index (κ3) is 5.74. The molecule has 1 aromatic rings. The molecule has 2 N–H and O–H groups in total. The number of H-pyrrole nitrogens is 1. The molecule has 0 radical (unpaired) electrons. The lowest BCUT2D eigenvalue weighted by atomic mass is 10.1. The van der Waals surface area contributed by atoms with E-state index in [1.54, 1.807) is 18.2 Å². The van der Waals surface area contributed by atoms with Crippen molar-refractivity contribution in [1.82, 2.24) is 9.97 Å². The normalized spacial score (nSPS) is 12.4. The maximum Gasteiger partial charge on any atom is 0.378 e. The lowest BCUT2D eigenvalue weighted by molar-refractivity contribution is -0.149. The minimum atomic E-state index is -1.08. The van der Waals surface area contributed by atoms with E-state index in [0.29, 0.717) is 12.2 Å². The number of aromatic nitrogens is 2. The van der Waals surface area contributed by atoms with E-state index in [9.17, 15) is 19.1 Å². The highest BCUT2D eigenvalue weighted by Gasteiger charge is 2.14. The molecule has 0 saturated carbocycles. The Hall–Kier alpha value is -2.96. The van der Waals surface area contributed by atoms with Crippen LogP contribution in [0.25, 0.3) is 5.76 Å². The van der Waals surface area contributed by atoms with Crippen LogP contribution in [-0.4, -0.2) is 40.6 Å². The molecule has 0 aliphatic carbocycles. The number of rotatable bonds is 8. The number of alkyl halides is 1. The van der Waals surface area contributed by atoms with Crippen LogP contribution in [-0.2, 0) is 20.7 Å². The third-order valence-corrected chi connectivity index (χ3v) is 2.68. The smallest absolute Gasteiger partial charge is 0.378 e. The number of hydrogen-bond donors (Lipinski definition) is 2. The van der Waals surface area contributed by atoms with Crippen molar-refractivity contribution >= 4 is 17.5 Å². The Labute approximate surface area is 132 Å². The zero-order chi connectivity index (χ0) is 17.2. The SMILES string of the molecule is C=C/C=C(\C=C/CF)Cc1ncc(C(O)=CC(=O)C(=O)OC)[nH]1. The molecular formula is C16H17FN2O4. The molecular weight excluding hydrogens is 303 g/mol. The number of ether oxygens (including phenoxy) is 1. The first-order valence-electron chi connectivity index (χ1n) is 6.63. The van der Waals surface area contributed by atoms with Crippen molar-refractivity contribution < 1.29 is 23.8 Å². The monoisotopic (exact) mass is 320 g/mol. The first-order valence-corrected chi connectivity index (χ1v) is 6.63. The van der Waals surface area contributed by atoms with E-state index in [1.165, 1.54) is 12.3 Å². The molecule has 0 saturated heterocycles. The van der Waals surface area contributed by atoms with E-state index in [1.807, 2.05) is 0 Å². The van der Waals surface area contributed by atoms with E-state index < -0.39 is 24.2 Å². The zero-order valence-electron chi connectivity index (χ0n) is 12.6. The number of hydrogen-bond acceptors (Lipinski definition) is 5. The number of carbonyl (C=O) groups excluding carboxylic acids is 2. The largest absolute Gasteiger partial charge is 0.506 e. The van der Waals surface area contributed by atoms with Gasteiger partial charge in [0.15, 0.2) is 0 Å². The summed E-state index contributed by atoms with van der Waals surface area (Å²) < 4.78 is 16.4. The van der Waals surface area contributed by atoms with Crippen LogP contribution in [0.4, 0.5) is 4.39 Å². The summed E-state index contributed by atoms with van der Waals surface area (Å²) in [6.07, 6.45) is 8.62. The average Bonchev–Trinajstić information content (AvgIpc) is 3.00. The van der Waals surface area contributed by atoms with Gasteiger partial charge in [-0.25, -0.2) is 14.2 Å². The minimum absolute atomic E-state index is 0.171. The lowest BCUT2D eigenvalue weighted by Crippen LogP contribution is -2.13. The number of carbonyl (C=O) groups is 2. The molecule has 0 bridgehead atoms. The second-order valence-corrected chi connectivity index (χ2v) is 4.34. The molecule has 0 spiro atoms. The number of ketones is 1. The topological polar surface area (TPSA) is 92.3 Å². The van der Waals surface area contributed by atoms with Gasteiger partial charge in [0.2, 0.25) is 0 Å². The molecule has 0 aromatic carbocycles. The number of esters is 1. The standard InChI is InChI=1S/C16H17FN2O4/c1-3-5-11(6-4-7-17)8-15-18-10-12(19-15)13(20)9-14(21)16(22)23-2/h3-6,9-10,20H,1,7-8H2,2H3,(H,18,19)/b6-4-,11-5+,13-9?. The highest BCUT2D eigenvalue weighted by Crippen LogP contribution is 2.12. The van der Waals surface area contributed by atoms with Crippen LogP contribution in [0, 0.1) is 0 Å². The number of halogens is 1. The lowest BCUT2D eigenvalue weighted by Gasteiger charge is -1.99. The fraction of sp³-hybridized carbons (Fsp3) is 0.188. The molecule has 1 heterocycles. The summed E-state index contributed by atoms with van der Waals surface area (Å²) in [5, 5.41) is 9.79. The van der Waals surface area contributed by atoms with E-state index in [0.717, 1.165) is 18.8 Å². The Bertz CT molecular complexity index is 671. The zero-order valence-corrected chi connectivity index (χ0v) is 12.6. The van der Waals surface area contributed by atoms with Gasteiger partial charge >= 0.3 is 5.97 Å². The van der Waals surface area contributed by atoms with Crippen LogP contribution < -0.4 is 0 Å². The van der Waals surface area contributed by atoms with Crippen LogP contribution in [0.3, 0.4) is 0 Å². The molecule has 0 aliphatic heterocycles. The number of aromatic amines is 1. The van der Waals surface area contributed by atoms with Crippen LogP contribution in [0.5, 0.6) is 0 Å². The maximum atomic E-state index is 12.2. The quantitative estimate of drug-likeness (QED) is 0.252. The number of imidazole rings is 1. The Kier molecular flexibility index (Phi) is 7.19. The van der Waals surface area contributed by atoms with Crippen molar-refractivity contribution in [3.05, 3.63) is 60.2 Å². The summed E-state index contributed by atoms with van der Waals surface area (Å²) in [5.41, 5.74) is 0.928. The number of allylic oxidation sites excluding steroid dienone is 5. The van der Waals surface area contributed by atoms with E-state index in [4.69, 9.17) is 0 Å². The van der Waals surface area contributed by atoms with Crippen LogP contribution in [0.1, 0.15) is 11.5 Å². The molecule has 0 fully saturated rings. The van der Waals surface area contributed by atoms with Gasteiger partial charge in [0.1, 0.15) is 24.0 Å². The van der Waals surface area contributed by atoms with Gasteiger partial charge in [0, 0.05) is 12.5 Å². The number of nitrogens with zero attached hydrogens (tertiary/aromatic N) is 1. The first-order chi connectivity index (χ1) is 11.0. The van der Waals surface area contributed by atoms with Gasteiger partial charge < -0.3 is 14.8 Å². The number of nitrogens with one attached hydrogen (secondary N) is 1. The maximum absolute atomic E-state index is 12.2. The van der Waals surface area contributed by atoms with Gasteiger partial charge in [0.25, 0.3) is 5.78 Å². The predicted octanol–water partition coefficient (Wildman–Crippen LogP) is 2.23. The Morgan fingerprint density at radius 3 is 2.87 bits per heavy atom. The van der Waals surface area contributed by atoms with Gasteiger partial charge in [-0.15, -0.1) is 0 Å². The van der Waals surface area contributed by atoms with E-state index in [2.05, 4.69) is 21.3 Å². The summed E-state index contributed by atoms with van der Waals surface area (Å²) in [5.74, 6) is -2.02. The van der Waals surface area contributed by atoms with Crippen LogP contribution in [0.2, 0.25) is 0 Å². The van der Waals surface area contributed by atoms with Crippen molar-refractivity contribution in [2.75, 3.05) is 13.8 Å². The van der Waals surface area contributed by atoms with Crippen molar-refractivity contribution in [1.29, 1.82) is 0 Å². The second-order valence-electron chi connectivity index (χ2n) is 4.34. The summed E-state index contributed by atoms with van der Waals surface area (Å²) in [6.45, 7) is 2.99. The number of methoxy groups -OCH3 is 1. The average molecular weight is 320 g/mol. The number of aliphatic hydroxyl groups excluding tert-OH is 1. The molecule has 23 heavy (non-hydrogen) atoms. The Balaban J connectivity index is 2.88. The van der Waals surface area contributed by atoms with Crippen LogP contribution in [0.15, 0.2) is 48.7 Å². The summed E-state index contributed by atoms with van der Waals surface area (Å²) in [7, 11) is 1.07. The van der Waals surface area contributed by atoms with Crippen molar-refractivity contribution in [2.24, 2.45) is 0 Å². The molecule has 0 unspecified atom stereocenters. The predicted molar refractivity (Wildman–Crippen MR) is 83.3 cm³/mol. The van der Waals surface area contributed by atoms with Gasteiger partial charge in [0.05, 0.1) is 13.3 Å². The van der Waals surface area contributed by atoms with Crippen LogP contribution >= 0.6 is 0 Å². The fourth-order valence-corrected chi connectivity index (χ4v) is 1.66. The van der Waals surface area contributed by atoms with Gasteiger partial charge in [-0.05, 0) is 5.57 Å². The van der Waals surface area contributed by atoms with E-state index in [-0.39, 0.29) is 5.69 Å².